The maximum Gasteiger partial charge on any atom is 0.126 e. The first-order valence-electron chi connectivity index (χ1n) is 8.31. The molecule has 1 N–H and O–H groups in total. The lowest BCUT2D eigenvalue weighted by atomic mass is 9.90. The SMILES string of the molecule is CCCNC(Cc1cc(Br)ccc1F)C1CCC(CC)C1. The van der Waals surface area contributed by atoms with E-state index in [2.05, 4.69) is 35.1 Å². The molecule has 0 spiro atoms. The van der Waals surface area contributed by atoms with Crippen LogP contribution in [0.15, 0.2) is 22.7 Å². The molecular weight excluding hydrogens is 329 g/mol. The maximum atomic E-state index is 14.0. The summed E-state index contributed by atoms with van der Waals surface area (Å²) in [5.41, 5.74) is 0.831. The number of benzene rings is 1. The third-order valence-corrected chi connectivity index (χ3v) is 5.33. The Labute approximate surface area is 136 Å². The molecule has 0 radical (unpaired) electrons. The van der Waals surface area contributed by atoms with Crippen LogP contribution in [0.25, 0.3) is 0 Å². The van der Waals surface area contributed by atoms with Crippen molar-refractivity contribution in [3.8, 4) is 0 Å². The molecule has 1 aromatic carbocycles. The van der Waals surface area contributed by atoms with Gasteiger partial charge in [-0.15, -0.1) is 0 Å². The molecule has 0 amide bonds. The quantitative estimate of drug-likeness (QED) is 0.697. The summed E-state index contributed by atoms with van der Waals surface area (Å²) in [4.78, 5) is 0. The smallest absolute Gasteiger partial charge is 0.126 e. The molecule has 0 aromatic heterocycles. The van der Waals surface area contributed by atoms with Gasteiger partial charge in [0.15, 0.2) is 0 Å². The number of hydrogen-bond acceptors (Lipinski definition) is 1. The predicted octanol–water partition coefficient (Wildman–Crippen LogP) is 5.33. The van der Waals surface area contributed by atoms with E-state index in [4.69, 9.17) is 0 Å². The van der Waals surface area contributed by atoms with Crippen LogP contribution >= 0.6 is 15.9 Å². The van der Waals surface area contributed by atoms with Gasteiger partial charge in [0.25, 0.3) is 0 Å². The van der Waals surface area contributed by atoms with Crippen molar-refractivity contribution in [1.29, 1.82) is 0 Å². The Kier molecular flexibility index (Phi) is 6.69. The first-order valence-corrected chi connectivity index (χ1v) is 9.10. The molecule has 0 saturated heterocycles. The van der Waals surface area contributed by atoms with Gasteiger partial charge in [-0.2, -0.15) is 0 Å². The monoisotopic (exact) mass is 355 g/mol. The lowest BCUT2D eigenvalue weighted by Crippen LogP contribution is -2.38. The Morgan fingerprint density at radius 2 is 2.14 bits per heavy atom. The van der Waals surface area contributed by atoms with E-state index in [1.807, 2.05) is 6.07 Å². The molecule has 1 aliphatic rings. The van der Waals surface area contributed by atoms with Gasteiger partial charge in [-0.3, -0.25) is 0 Å². The van der Waals surface area contributed by atoms with Gasteiger partial charge in [0.05, 0.1) is 0 Å². The summed E-state index contributed by atoms with van der Waals surface area (Å²) in [5.74, 6) is 1.49. The summed E-state index contributed by atoms with van der Waals surface area (Å²) in [7, 11) is 0. The minimum Gasteiger partial charge on any atom is -0.313 e. The van der Waals surface area contributed by atoms with Crippen molar-refractivity contribution in [2.45, 2.75) is 58.4 Å². The Morgan fingerprint density at radius 3 is 2.81 bits per heavy atom. The normalized spacial score (nSPS) is 23.4. The number of rotatable bonds is 7. The zero-order valence-electron chi connectivity index (χ0n) is 13.2. The molecule has 3 atom stereocenters. The number of nitrogens with one attached hydrogen (secondary N) is 1. The first-order chi connectivity index (χ1) is 10.1. The van der Waals surface area contributed by atoms with Crippen molar-refractivity contribution in [1.82, 2.24) is 5.32 Å². The van der Waals surface area contributed by atoms with Crippen molar-refractivity contribution in [3.05, 3.63) is 34.1 Å². The van der Waals surface area contributed by atoms with Gasteiger partial charge in [0, 0.05) is 10.5 Å². The molecule has 3 heteroatoms. The first kappa shape index (κ1) is 17.0. The van der Waals surface area contributed by atoms with Crippen molar-refractivity contribution >= 4 is 15.9 Å². The zero-order valence-corrected chi connectivity index (χ0v) is 14.8. The third kappa shape index (κ3) is 4.79. The summed E-state index contributed by atoms with van der Waals surface area (Å²) in [6.07, 6.45) is 7.13. The Morgan fingerprint density at radius 1 is 1.33 bits per heavy atom. The molecule has 1 nitrogen and oxygen atoms in total. The van der Waals surface area contributed by atoms with Gasteiger partial charge < -0.3 is 5.32 Å². The van der Waals surface area contributed by atoms with Crippen molar-refractivity contribution in [3.63, 3.8) is 0 Å². The second kappa shape index (κ2) is 8.28. The van der Waals surface area contributed by atoms with E-state index in [1.54, 1.807) is 12.1 Å². The average molecular weight is 356 g/mol. The molecule has 118 valence electrons. The molecule has 0 heterocycles. The summed E-state index contributed by atoms with van der Waals surface area (Å²) < 4.78 is 15.0. The highest BCUT2D eigenvalue weighted by Gasteiger charge is 2.30. The topological polar surface area (TPSA) is 12.0 Å². The Balaban J connectivity index is 2.07. The van der Waals surface area contributed by atoms with Crippen LogP contribution in [0, 0.1) is 17.7 Å². The molecule has 3 unspecified atom stereocenters. The van der Waals surface area contributed by atoms with E-state index >= 15 is 0 Å². The highest BCUT2D eigenvalue weighted by Crippen LogP contribution is 2.36. The van der Waals surface area contributed by atoms with Gasteiger partial charge in [-0.25, -0.2) is 4.39 Å². The predicted molar refractivity (Wildman–Crippen MR) is 91.0 cm³/mol. The largest absolute Gasteiger partial charge is 0.313 e. The summed E-state index contributed by atoms with van der Waals surface area (Å²) in [5, 5.41) is 3.67. The fourth-order valence-electron chi connectivity index (χ4n) is 3.52. The highest BCUT2D eigenvalue weighted by molar-refractivity contribution is 9.10. The second-order valence-electron chi connectivity index (χ2n) is 6.35. The Bertz CT molecular complexity index is 449. The van der Waals surface area contributed by atoms with E-state index in [9.17, 15) is 4.39 Å². The average Bonchev–Trinajstić information content (AvgIpc) is 2.95. The van der Waals surface area contributed by atoms with Crippen LogP contribution in [0.1, 0.15) is 51.5 Å². The molecule has 1 aliphatic carbocycles. The molecular formula is C18H27BrFN. The van der Waals surface area contributed by atoms with E-state index < -0.39 is 0 Å². The van der Waals surface area contributed by atoms with Crippen LogP contribution in [0.3, 0.4) is 0 Å². The molecule has 1 fully saturated rings. The third-order valence-electron chi connectivity index (χ3n) is 4.83. The Hall–Kier alpha value is -0.410. The number of halogens is 2. The van der Waals surface area contributed by atoms with Crippen LogP contribution in [-0.2, 0) is 6.42 Å². The van der Waals surface area contributed by atoms with E-state index in [0.717, 1.165) is 35.3 Å². The lowest BCUT2D eigenvalue weighted by Gasteiger charge is -2.25. The molecule has 2 rings (SSSR count). The molecule has 1 saturated carbocycles. The van der Waals surface area contributed by atoms with Crippen LogP contribution in [0.5, 0.6) is 0 Å². The van der Waals surface area contributed by atoms with Crippen molar-refractivity contribution in [2.75, 3.05) is 6.54 Å². The summed E-state index contributed by atoms with van der Waals surface area (Å²) in [6.45, 7) is 5.50. The fourth-order valence-corrected chi connectivity index (χ4v) is 3.93. The zero-order chi connectivity index (χ0) is 15.2. The molecule has 21 heavy (non-hydrogen) atoms. The van der Waals surface area contributed by atoms with E-state index in [1.165, 1.54) is 25.7 Å². The van der Waals surface area contributed by atoms with Gasteiger partial charge >= 0.3 is 0 Å². The standard InChI is InChI=1S/C18H27BrFN/c1-3-9-21-18(14-6-5-13(4-2)10-14)12-15-11-16(19)7-8-17(15)20/h7-8,11,13-14,18,21H,3-6,9-10,12H2,1-2H3. The van der Waals surface area contributed by atoms with Crippen LogP contribution in [0.2, 0.25) is 0 Å². The van der Waals surface area contributed by atoms with Gasteiger partial charge in [0.2, 0.25) is 0 Å². The molecule has 0 bridgehead atoms. The number of hydrogen-bond donors (Lipinski definition) is 1. The van der Waals surface area contributed by atoms with Gasteiger partial charge in [-0.05, 0) is 67.8 Å². The second-order valence-corrected chi connectivity index (χ2v) is 7.26. The summed E-state index contributed by atoms with van der Waals surface area (Å²) >= 11 is 3.46. The van der Waals surface area contributed by atoms with Crippen LogP contribution < -0.4 is 5.32 Å². The van der Waals surface area contributed by atoms with Gasteiger partial charge in [-0.1, -0.05) is 42.6 Å². The minimum absolute atomic E-state index is 0.0773. The fraction of sp³-hybridized carbons (Fsp3) is 0.667. The lowest BCUT2D eigenvalue weighted by molar-refractivity contribution is 0.341. The minimum atomic E-state index is -0.0773. The highest BCUT2D eigenvalue weighted by atomic mass is 79.9. The summed E-state index contributed by atoms with van der Waals surface area (Å²) in [6, 6.07) is 5.68. The van der Waals surface area contributed by atoms with Gasteiger partial charge in [0.1, 0.15) is 5.82 Å². The van der Waals surface area contributed by atoms with Crippen molar-refractivity contribution < 1.29 is 4.39 Å². The van der Waals surface area contributed by atoms with E-state index in [-0.39, 0.29) is 5.82 Å². The van der Waals surface area contributed by atoms with Crippen molar-refractivity contribution in [2.24, 2.45) is 11.8 Å². The van der Waals surface area contributed by atoms with Crippen LogP contribution in [0.4, 0.5) is 4.39 Å². The molecule has 1 aromatic rings. The van der Waals surface area contributed by atoms with E-state index in [0.29, 0.717) is 12.0 Å². The maximum absolute atomic E-state index is 14.0. The molecule has 0 aliphatic heterocycles. The van der Waals surface area contributed by atoms with Crippen LogP contribution in [-0.4, -0.2) is 12.6 Å².